The summed E-state index contributed by atoms with van der Waals surface area (Å²) in [5.41, 5.74) is 2.21. The lowest BCUT2D eigenvalue weighted by molar-refractivity contribution is -0.133. The van der Waals surface area contributed by atoms with E-state index in [2.05, 4.69) is 0 Å². The van der Waals surface area contributed by atoms with E-state index in [0.29, 0.717) is 12.1 Å². The average molecular weight is 329 g/mol. The second kappa shape index (κ2) is 7.93. The first-order valence-corrected chi connectivity index (χ1v) is 7.94. The number of rotatable bonds is 5. The summed E-state index contributed by atoms with van der Waals surface area (Å²) in [4.78, 5) is 26.0. The molecule has 1 aliphatic rings. The molecule has 128 valence electrons. The van der Waals surface area contributed by atoms with Crippen LogP contribution in [0.5, 0.6) is 0 Å². The van der Waals surface area contributed by atoms with Crippen LogP contribution >= 0.6 is 0 Å². The van der Waals surface area contributed by atoms with Gasteiger partial charge in [0.2, 0.25) is 5.91 Å². The molecule has 24 heavy (non-hydrogen) atoms. The van der Waals surface area contributed by atoms with Crippen molar-refractivity contribution in [1.29, 1.82) is 0 Å². The second-order valence-electron chi connectivity index (χ2n) is 5.76. The largest absolute Gasteiger partial charge is 0.465 e. The Morgan fingerprint density at radius 3 is 2.79 bits per heavy atom. The standard InChI is InChI=1S/C19H23NO4/c1-4-5-9-16-13(2)20(18(22)17(16)12-21)11-14-7-6-8-15(10-14)19(23)24-3/h4-10,13,17,21H,11-12H2,1-3H3/b5-4-,16-9+. The maximum atomic E-state index is 12.6. The Hall–Kier alpha value is -2.40. The summed E-state index contributed by atoms with van der Waals surface area (Å²) < 4.78 is 4.73. The molecule has 0 bridgehead atoms. The number of ether oxygens (including phenoxy) is 1. The highest BCUT2D eigenvalue weighted by Gasteiger charge is 2.40. The summed E-state index contributed by atoms with van der Waals surface area (Å²) >= 11 is 0. The van der Waals surface area contributed by atoms with Crippen LogP contribution in [0.2, 0.25) is 0 Å². The lowest BCUT2D eigenvalue weighted by Gasteiger charge is -2.22. The van der Waals surface area contributed by atoms with Crippen LogP contribution < -0.4 is 0 Å². The first kappa shape index (κ1) is 17.9. The Bertz CT molecular complexity index is 678. The molecule has 5 nitrogen and oxygen atoms in total. The van der Waals surface area contributed by atoms with Gasteiger partial charge in [0.25, 0.3) is 0 Å². The first-order chi connectivity index (χ1) is 11.5. The predicted octanol–water partition coefficient (Wildman–Crippen LogP) is 2.31. The molecular weight excluding hydrogens is 306 g/mol. The number of carbonyl (C=O) groups is 2. The number of hydrogen-bond acceptors (Lipinski definition) is 4. The number of benzene rings is 1. The van der Waals surface area contributed by atoms with Gasteiger partial charge in [0.15, 0.2) is 0 Å². The van der Waals surface area contributed by atoms with Crippen LogP contribution in [0, 0.1) is 5.92 Å². The molecule has 1 saturated heterocycles. The number of allylic oxidation sites excluding steroid dienone is 3. The molecule has 0 saturated carbocycles. The molecule has 0 radical (unpaired) electrons. The number of likely N-dealkylation sites (tertiary alicyclic amines) is 1. The Labute approximate surface area is 142 Å². The smallest absolute Gasteiger partial charge is 0.337 e. The Kier molecular flexibility index (Phi) is 5.93. The van der Waals surface area contributed by atoms with Gasteiger partial charge in [-0.2, -0.15) is 0 Å². The van der Waals surface area contributed by atoms with Gasteiger partial charge in [0, 0.05) is 6.54 Å². The van der Waals surface area contributed by atoms with Crippen molar-refractivity contribution in [3.63, 3.8) is 0 Å². The average Bonchev–Trinajstić information content (AvgIpc) is 2.83. The molecular formula is C19H23NO4. The number of nitrogens with zero attached hydrogens (tertiary/aromatic N) is 1. The number of esters is 1. The van der Waals surface area contributed by atoms with E-state index in [4.69, 9.17) is 4.74 Å². The van der Waals surface area contributed by atoms with E-state index in [9.17, 15) is 14.7 Å². The minimum Gasteiger partial charge on any atom is -0.465 e. The van der Waals surface area contributed by atoms with Crippen LogP contribution in [0.25, 0.3) is 0 Å². The van der Waals surface area contributed by atoms with Crippen molar-refractivity contribution in [3.8, 4) is 0 Å². The quantitative estimate of drug-likeness (QED) is 0.842. The second-order valence-corrected chi connectivity index (χ2v) is 5.76. The van der Waals surface area contributed by atoms with Crippen molar-refractivity contribution < 1.29 is 19.4 Å². The highest BCUT2D eigenvalue weighted by atomic mass is 16.5. The molecule has 0 aliphatic carbocycles. The molecule has 2 atom stereocenters. The van der Waals surface area contributed by atoms with E-state index in [-0.39, 0.29) is 18.6 Å². The highest BCUT2D eigenvalue weighted by molar-refractivity contribution is 5.89. The van der Waals surface area contributed by atoms with Crippen LogP contribution in [0.4, 0.5) is 0 Å². The van der Waals surface area contributed by atoms with Gasteiger partial charge < -0.3 is 14.7 Å². The van der Waals surface area contributed by atoms with Gasteiger partial charge >= 0.3 is 5.97 Å². The van der Waals surface area contributed by atoms with Gasteiger partial charge in [-0.15, -0.1) is 0 Å². The van der Waals surface area contributed by atoms with Crippen molar-refractivity contribution in [2.24, 2.45) is 5.92 Å². The Morgan fingerprint density at radius 2 is 2.17 bits per heavy atom. The molecule has 1 fully saturated rings. The van der Waals surface area contributed by atoms with E-state index in [0.717, 1.165) is 11.1 Å². The summed E-state index contributed by atoms with van der Waals surface area (Å²) in [5.74, 6) is -0.997. The third kappa shape index (κ3) is 3.57. The van der Waals surface area contributed by atoms with Crippen molar-refractivity contribution in [2.75, 3.05) is 13.7 Å². The lowest BCUT2D eigenvalue weighted by Crippen LogP contribution is -2.32. The molecule has 2 rings (SSSR count). The topological polar surface area (TPSA) is 66.8 Å². The zero-order valence-corrected chi connectivity index (χ0v) is 14.2. The van der Waals surface area contributed by atoms with Crippen molar-refractivity contribution >= 4 is 11.9 Å². The maximum Gasteiger partial charge on any atom is 0.337 e. The van der Waals surface area contributed by atoms with Gasteiger partial charge in [-0.1, -0.05) is 30.4 Å². The normalized spacial score (nSPS) is 22.6. The summed E-state index contributed by atoms with van der Waals surface area (Å²) in [6.45, 7) is 4.04. The molecule has 1 heterocycles. The molecule has 0 spiro atoms. The Balaban J connectivity index is 2.26. The third-order valence-electron chi connectivity index (χ3n) is 4.30. The minimum absolute atomic E-state index is 0.0933. The van der Waals surface area contributed by atoms with Crippen molar-refractivity contribution in [1.82, 2.24) is 4.90 Å². The Morgan fingerprint density at radius 1 is 1.42 bits per heavy atom. The van der Waals surface area contributed by atoms with Gasteiger partial charge in [-0.05, 0) is 37.1 Å². The number of hydrogen-bond donors (Lipinski definition) is 1. The van der Waals surface area contributed by atoms with Crippen LogP contribution in [-0.2, 0) is 16.1 Å². The molecule has 1 aliphatic heterocycles. The van der Waals surface area contributed by atoms with Gasteiger partial charge in [0.1, 0.15) is 0 Å². The fourth-order valence-electron chi connectivity index (χ4n) is 2.98. The SMILES string of the molecule is C/C=C\C=C1\C(CO)C(=O)N(Cc2cccc(C(=O)OC)c2)C1C. The van der Waals surface area contributed by atoms with Crippen LogP contribution in [0.1, 0.15) is 29.8 Å². The molecule has 0 aromatic heterocycles. The highest BCUT2D eigenvalue weighted by Crippen LogP contribution is 2.31. The van der Waals surface area contributed by atoms with E-state index in [1.54, 1.807) is 23.1 Å². The van der Waals surface area contributed by atoms with Crippen molar-refractivity contribution in [2.45, 2.75) is 26.4 Å². The summed E-state index contributed by atoms with van der Waals surface area (Å²) in [6.07, 6.45) is 5.67. The van der Waals surface area contributed by atoms with E-state index >= 15 is 0 Å². The number of methoxy groups -OCH3 is 1. The van der Waals surface area contributed by atoms with E-state index in [1.165, 1.54) is 7.11 Å². The predicted molar refractivity (Wildman–Crippen MR) is 91.3 cm³/mol. The number of amides is 1. The van der Waals surface area contributed by atoms with E-state index in [1.807, 2.05) is 38.1 Å². The minimum atomic E-state index is -0.500. The van der Waals surface area contributed by atoms with Crippen LogP contribution in [-0.4, -0.2) is 41.6 Å². The zero-order chi connectivity index (χ0) is 17.7. The molecule has 2 unspecified atom stereocenters. The third-order valence-corrected chi connectivity index (χ3v) is 4.30. The molecule has 5 heteroatoms. The van der Waals surface area contributed by atoms with Gasteiger partial charge in [-0.3, -0.25) is 4.79 Å². The van der Waals surface area contributed by atoms with Crippen molar-refractivity contribution in [3.05, 3.63) is 59.2 Å². The number of aliphatic hydroxyl groups is 1. The molecule has 1 aromatic rings. The molecule has 1 aromatic carbocycles. The number of aliphatic hydroxyl groups excluding tert-OH is 1. The summed E-state index contributed by atoms with van der Waals surface area (Å²) in [5, 5.41) is 9.58. The number of carbonyl (C=O) groups excluding carboxylic acids is 2. The fourth-order valence-corrected chi connectivity index (χ4v) is 2.98. The van der Waals surface area contributed by atoms with Gasteiger partial charge in [0.05, 0.1) is 31.2 Å². The lowest BCUT2D eigenvalue weighted by atomic mass is 9.98. The summed E-state index contributed by atoms with van der Waals surface area (Å²) in [7, 11) is 1.34. The van der Waals surface area contributed by atoms with Gasteiger partial charge in [-0.25, -0.2) is 4.79 Å². The monoisotopic (exact) mass is 329 g/mol. The maximum absolute atomic E-state index is 12.6. The molecule has 1 amide bonds. The van der Waals surface area contributed by atoms with Crippen LogP contribution in [0.15, 0.2) is 48.1 Å². The zero-order valence-electron chi connectivity index (χ0n) is 14.2. The van der Waals surface area contributed by atoms with Crippen LogP contribution in [0.3, 0.4) is 0 Å². The molecule has 1 N–H and O–H groups in total. The fraction of sp³-hybridized carbons (Fsp3) is 0.368. The first-order valence-electron chi connectivity index (χ1n) is 7.94. The van der Waals surface area contributed by atoms with E-state index < -0.39 is 11.9 Å². The summed E-state index contributed by atoms with van der Waals surface area (Å²) in [6, 6.07) is 6.94.